The zero-order chi connectivity index (χ0) is 22.1. The minimum atomic E-state index is -1.14. The molecule has 0 fully saturated rings. The van der Waals surface area contributed by atoms with Crippen LogP contribution in [-0.2, 0) is 16.0 Å². The summed E-state index contributed by atoms with van der Waals surface area (Å²) >= 11 is 0. The number of esters is 1. The van der Waals surface area contributed by atoms with Gasteiger partial charge in [-0.25, -0.2) is 4.79 Å². The number of carbonyl (C=O) groups is 1. The monoisotopic (exact) mass is 414 g/mol. The summed E-state index contributed by atoms with van der Waals surface area (Å²) in [6.45, 7) is 1.96. The zero-order valence-electron chi connectivity index (χ0n) is 17.4. The molecule has 2 unspecified atom stereocenters. The molecule has 2 atom stereocenters. The minimum Gasteiger partial charge on any atom is -0.462 e. The lowest BCUT2D eigenvalue weighted by Crippen LogP contribution is -2.13. The van der Waals surface area contributed by atoms with Crippen LogP contribution in [0.1, 0.15) is 35.8 Å². The molecule has 0 aliphatic carbocycles. The fraction of sp³-hybridized carbons (Fsp3) is 0.185. The summed E-state index contributed by atoms with van der Waals surface area (Å²) in [4.78, 5) is 12.7. The van der Waals surface area contributed by atoms with Crippen LogP contribution in [0.2, 0.25) is 0 Å². The van der Waals surface area contributed by atoms with E-state index in [4.69, 9.17) is 4.74 Å². The Hall–Kier alpha value is -3.43. The van der Waals surface area contributed by atoms with Crippen LogP contribution in [0, 0.1) is 0 Å². The van der Waals surface area contributed by atoms with E-state index in [1.807, 2.05) is 66.7 Å². The first-order chi connectivity index (χ1) is 15.1. The molecular weight excluding hydrogens is 388 g/mol. The number of carbonyl (C=O) groups excluding carboxylic acids is 1. The third-order valence-electron chi connectivity index (χ3n) is 4.86. The van der Waals surface area contributed by atoms with Crippen LogP contribution >= 0.6 is 0 Å². The summed E-state index contributed by atoms with van der Waals surface area (Å²) in [6, 6.07) is 27.5. The molecule has 0 radical (unpaired) electrons. The molecular formula is C27H26O4. The van der Waals surface area contributed by atoms with Crippen LogP contribution in [0.15, 0.2) is 108 Å². The summed E-state index contributed by atoms with van der Waals surface area (Å²) in [5.41, 5.74) is 5.58. The van der Waals surface area contributed by atoms with E-state index in [9.17, 15) is 15.0 Å². The third-order valence-corrected chi connectivity index (χ3v) is 4.86. The van der Waals surface area contributed by atoms with Crippen molar-refractivity contribution >= 4 is 5.97 Å². The Morgan fingerprint density at radius 1 is 0.806 bits per heavy atom. The molecule has 0 aliphatic heterocycles. The number of benzene rings is 3. The Balaban J connectivity index is 2.16. The van der Waals surface area contributed by atoms with Crippen LogP contribution in [0.5, 0.6) is 0 Å². The van der Waals surface area contributed by atoms with Gasteiger partial charge < -0.3 is 14.9 Å². The van der Waals surface area contributed by atoms with Crippen molar-refractivity contribution in [2.75, 3.05) is 6.61 Å². The molecule has 3 aromatic rings. The second kappa shape index (κ2) is 11.1. The maximum absolute atomic E-state index is 12.7. The first-order valence-corrected chi connectivity index (χ1v) is 10.3. The highest BCUT2D eigenvalue weighted by atomic mass is 16.5. The van der Waals surface area contributed by atoms with Gasteiger partial charge >= 0.3 is 5.97 Å². The number of aliphatic hydroxyl groups excluding tert-OH is 2. The number of aliphatic hydroxyl groups is 2. The predicted octanol–water partition coefficient (Wildman–Crippen LogP) is 4.71. The lowest BCUT2D eigenvalue weighted by molar-refractivity contribution is -0.138. The van der Waals surface area contributed by atoms with Gasteiger partial charge in [-0.2, -0.15) is 0 Å². The number of ether oxygens (including phenoxy) is 1. The molecule has 0 aromatic heterocycles. The topological polar surface area (TPSA) is 66.8 Å². The molecule has 31 heavy (non-hydrogen) atoms. The summed E-state index contributed by atoms with van der Waals surface area (Å²) in [7, 11) is 0. The summed E-state index contributed by atoms with van der Waals surface area (Å²) in [5, 5.41) is 22.2. The summed E-state index contributed by atoms with van der Waals surface area (Å²) in [5.74, 6) is -0.524. The first-order valence-electron chi connectivity index (χ1n) is 10.3. The first kappa shape index (κ1) is 22.3. The molecule has 0 saturated carbocycles. The average Bonchev–Trinajstić information content (AvgIpc) is 2.83. The van der Waals surface area contributed by atoms with Gasteiger partial charge in [0.1, 0.15) is 12.2 Å². The highest BCUT2D eigenvalue weighted by Gasteiger charge is 2.24. The Morgan fingerprint density at radius 3 is 1.71 bits per heavy atom. The van der Waals surface area contributed by atoms with Crippen LogP contribution in [0.3, 0.4) is 0 Å². The van der Waals surface area contributed by atoms with E-state index in [1.54, 1.807) is 31.2 Å². The normalized spacial score (nSPS) is 12.4. The van der Waals surface area contributed by atoms with Gasteiger partial charge in [-0.1, -0.05) is 91.0 Å². The summed E-state index contributed by atoms with van der Waals surface area (Å²) < 4.78 is 5.23. The lowest BCUT2D eigenvalue weighted by Gasteiger charge is -2.20. The molecule has 0 bridgehead atoms. The molecule has 0 heterocycles. The van der Waals surface area contributed by atoms with Gasteiger partial charge in [0.15, 0.2) is 0 Å². The van der Waals surface area contributed by atoms with Crippen LogP contribution in [0.4, 0.5) is 0 Å². The van der Waals surface area contributed by atoms with E-state index in [-0.39, 0.29) is 24.2 Å². The second-order valence-electron chi connectivity index (χ2n) is 7.07. The van der Waals surface area contributed by atoms with Gasteiger partial charge in [0.05, 0.1) is 12.2 Å². The molecule has 0 aliphatic rings. The van der Waals surface area contributed by atoms with E-state index in [0.717, 1.165) is 5.56 Å². The molecule has 3 aromatic carbocycles. The lowest BCUT2D eigenvalue weighted by atomic mass is 9.92. The maximum atomic E-state index is 12.7. The molecule has 158 valence electrons. The van der Waals surface area contributed by atoms with Crippen molar-refractivity contribution in [1.29, 1.82) is 0 Å². The number of hydrogen-bond donors (Lipinski definition) is 2. The third kappa shape index (κ3) is 6.03. The highest BCUT2D eigenvalue weighted by Crippen LogP contribution is 2.32. The molecule has 3 rings (SSSR count). The van der Waals surface area contributed by atoms with Crippen molar-refractivity contribution in [2.24, 2.45) is 0 Å². The van der Waals surface area contributed by atoms with Crippen molar-refractivity contribution in [3.8, 4) is 0 Å². The van der Waals surface area contributed by atoms with Gasteiger partial charge in [0.2, 0.25) is 0 Å². The van der Waals surface area contributed by atoms with E-state index in [1.165, 1.54) is 0 Å². The summed E-state index contributed by atoms with van der Waals surface area (Å²) in [6.07, 6.45) is -2.01. The molecule has 4 nitrogen and oxygen atoms in total. The second-order valence-corrected chi connectivity index (χ2v) is 7.07. The van der Waals surface area contributed by atoms with Gasteiger partial charge in [-0.3, -0.25) is 0 Å². The van der Waals surface area contributed by atoms with Crippen molar-refractivity contribution in [2.45, 2.75) is 25.6 Å². The van der Waals surface area contributed by atoms with E-state index in [0.29, 0.717) is 11.1 Å². The smallest absolute Gasteiger partial charge is 0.342 e. The van der Waals surface area contributed by atoms with Crippen molar-refractivity contribution in [3.63, 3.8) is 0 Å². The standard InChI is InChI=1S/C27H26O4/c1-2-31-27(30)23(18-20-12-6-3-7-13-20)19-24(25(28)21-14-8-4-9-15-21)26(29)22-16-10-5-11-17-22/h3-17,25-26,28-29H,2,18H2,1H3. The Bertz CT molecular complexity index is 989. The molecule has 0 amide bonds. The molecule has 4 heteroatoms. The zero-order valence-corrected chi connectivity index (χ0v) is 17.4. The van der Waals surface area contributed by atoms with Crippen LogP contribution in [-0.4, -0.2) is 22.8 Å². The van der Waals surface area contributed by atoms with E-state index >= 15 is 0 Å². The molecule has 2 N–H and O–H groups in total. The van der Waals surface area contributed by atoms with Crippen molar-refractivity contribution < 1.29 is 19.7 Å². The van der Waals surface area contributed by atoms with Crippen LogP contribution in [0.25, 0.3) is 0 Å². The fourth-order valence-electron chi connectivity index (χ4n) is 3.28. The van der Waals surface area contributed by atoms with Gasteiger partial charge in [0, 0.05) is 12.0 Å². The molecule has 0 spiro atoms. The van der Waals surface area contributed by atoms with E-state index in [2.05, 4.69) is 5.73 Å². The number of hydrogen-bond acceptors (Lipinski definition) is 4. The van der Waals surface area contributed by atoms with Crippen molar-refractivity contribution in [1.82, 2.24) is 0 Å². The fourth-order valence-corrected chi connectivity index (χ4v) is 3.28. The average molecular weight is 415 g/mol. The Kier molecular flexibility index (Phi) is 7.97. The van der Waals surface area contributed by atoms with E-state index < -0.39 is 18.2 Å². The largest absolute Gasteiger partial charge is 0.462 e. The quantitative estimate of drug-likeness (QED) is 0.318. The minimum absolute atomic E-state index is 0.191. The van der Waals surface area contributed by atoms with Gasteiger partial charge in [-0.05, 0) is 23.6 Å². The maximum Gasteiger partial charge on any atom is 0.342 e. The van der Waals surface area contributed by atoms with Gasteiger partial charge in [-0.15, -0.1) is 5.73 Å². The number of rotatable bonds is 8. The predicted molar refractivity (Wildman–Crippen MR) is 120 cm³/mol. The Morgan fingerprint density at radius 2 is 1.26 bits per heavy atom. The van der Waals surface area contributed by atoms with Crippen molar-refractivity contribution in [3.05, 3.63) is 125 Å². The Labute approximate surface area is 182 Å². The highest BCUT2D eigenvalue weighted by molar-refractivity contribution is 5.88. The molecule has 0 saturated heterocycles. The van der Waals surface area contributed by atoms with Gasteiger partial charge in [0.25, 0.3) is 0 Å². The SMILES string of the molecule is CCOC(=O)C(=C=C(C(O)c1ccccc1)C(O)c1ccccc1)Cc1ccccc1. The van der Waals surface area contributed by atoms with Crippen LogP contribution < -0.4 is 0 Å².